The van der Waals surface area contributed by atoms with Crippen LogP contribution in [0.3, 0.4) is 0 Å². The van der Waals surface area contributed by atoms with Gasteiger partial charge in [-0.1, -0.05) is 24.3 Å². The fraction of sp³-hybridized carbons (Fsp3) is 0.231. The van der Waals surface area contributed by atoms with Crippen LogP contribution < -0.4 is 5.73 Å². The van der Waals surface area contributed by atoms with Crippen molar-refractivity contribution in [2.45, 2.75) is 18.3 Å². The van der Waals surface area contributed by atoms with E-state index in [-0.39, 0.29) is 11.3 Å². The molecule has 1 aromatic carbocycles. The monoisotopic (exact) mass is 211 g/mol. The van der Waals surface area contributed by atoms with E-state index in [4.69, 9.17) is 11.1 Å². The van der Waals surface area contributed by atoms with Crippen molar-refractivity contribution in [2.24, 2.45) is 5.73 Å². The Kier molecular flexibility index (Phi) is 1.78. The predicted molar refractivity (Wildman–Crippen MR) is 64.6 cm³/mol. The number of hydrogen-bond donors (Lipinski definition) is 2. The standard InChI is InChI=1S/C13H13N3/c14-12(15)13(6-7-13)11-10-4-2-1-3-9(10)5-8-16-11/h1-5,8H,6-7H2,(H3,14,15). The maximum absolute atomic E-state index is 7.71. The highest BCUT2D eigenvalue weighted by Gasteiger charge is 2.49. The van der Waals surface area contributed by atoms with Crippen molar-refractivity contribution in [3.05, 3.63) is 42.2 Å². The summed E-state index contributed by atoms with van der Waals surface area (Å²) in [6.45, 7) is 0. The van der Waals surface area contributed by atoms with Gasteiger partial charge < -0.3 is 5.73 Å². The first kappa shape index (κ1) is 9.33. The van der Waals surface area contributed by atoms with Gasteiger partial charge in [0.1, 0.15) is 5.84 Å². The van der Waals surface area contributed by atoms with Crippen LogP contribution in [-0.2, 0) is 5.41 Å². The average Bonchev–Trinajstić information content (AvgIpc) is 3.09. The molecule has 0 amide bonds. The second kappa shape index (κ2) is 3.04. The first-order valence-electron chi connectivity index (χ1n) is 5.43. The summed E-state index contributed by atoms with van der Waals surface area (Å²) in [5.74, 6) is 0.247. The number of rotatable bonds is 2. The molecular formula is C13H13N3. The Bertz CT molecular complexity index is 565. The van der Waals surface area contributed by atoms with Crippen LogP contribution >= 0.6 is 0 Å². The van der Waals surface area contributed by atoms with Crippen molar-refractivity contribution in [1.82, 2.24) is 4.98 Å². The van der Waals surface area contributed by atoms with E-state index in [1.54, 1.807) is 6.20 Å². The predicted octanol–water partition coefficient (Wildman–Crippen LogP) is 2.20. The smallest absolute Gasteiger partial charge is 0.103 e. The molecular weight excluding hydrogens is 198 g/mol. The quantitative estimate of drug-likeness (QED) is 0.591. The molecule has 1 fully saturated rings. The molecule has 0 aliphatic heterocycles. The molecule has 1 aliphatic carbocycles. The lowest BCUT2D eigenvalue weighted by molar-refractivity contribution is 0.882. The van der Waals surface area contributed by atoms with Crippen LogP contribution in [0, 0.1) is 5.41 Å². The summed E-state index contributed by atoms with van der Waals surface area (Å²) in [7, 11) is 0. The van der Waals surface area contributed by atoms with Gasteiger partial charge in [0.15, 0.2) is 0 Å². The normalized spacial score (nSPS) is 17.2. The first-order chi connectivity index (χ1) is 7.74. The van der Waals surface area contributed by atoms with E-state index in [9.17, 15) is 0 Å². The van der Waals surface area contributed by atoms with E-state index in [1.165, 1.54) is 5.39 Å². The number of hydrogen-bond acceptors (Lipinski definition) is 2. The second-order valence-corrected chi connectivity index (χ2v) is 4.38. The summed E-state index contributed by atoms with van der Waals surface area (Å²) in [6, 6.07) is 10.1. The van der Waals surface area contributed by atoms with Crippen molar-refractivity contribution in [1.29, 1.82) is 5.41 Å². The summed E-state index contributed by atoms with van der Waals surface area (Å²) in [6.07, 6.45) is 3.70. The van der Waals surface area contributed by atoms with E-state index in [1.807, 2.05) is 18.2 Å². The molecule has 3 heteroatoms. The number of aromatic nitrogens is 1. The molecule has 16 heavy (non-hydrogen) atoms. The number of nitrogens with two attached hydrogens (primary N) is 1. The Labute approximate surface area is 93.8 Å². The third-order valence-electron chi connectivity index (χ3n) is 3.39. The molecule has 3 nitrogen and oxygen atoms in total. The number of fused-ring (bicyclic) bond motifs is 1. The summed E-state index contributed by atoms with van der Waals surface area (Å²) in [5.41, 5.74) is 6.39. The van der Waals surface area contributed by atoms with Crippen LogP contribution in [0.5, 0.6) is 0 Å². The van der Waals surface area contributed by atoms with Crippen molar-refractivity contribution in [2.75, 3.05) is 0 Å². The van der Waals surface area contributed by atoms with Gasteiger partial charge in [0.2, 0.25) is 0 Å². The lowest BCUT2D eigenvalue weighted by atomic mass is 9.95. The molecule has 80 valence electrons. The van der Waals surface area contributed by atoms with Gasteiger partial charge in [-0.15, -0.1) is 0 Å². The largest absolute Gasteiger partial charge is 0.387 e. The molecule has 3 N–H and O–H groups in total. The molecule has 0 spiro atoms. The third kappa shape index (κ3) is 1.14. The molecule has 0 atom stereocenters. The number of amidine groups is 1. The minimum atomic E-state index is -0.277. The fourth-order valence-corrected chi connectivity index (χ4v) is 2.26. The van der Waals surface area contributed by atoms with Gasteiger partial charge in [-0.3, -0.25) is 10.4 Å². The van der Waals surface area contributed by atoms with Gasteiger partial charge in [-0.05, 0) is 24.3 Å². The SMILES string of the molecule is N=C(N)C1(c2nccc3ccccc23)CC1. The molecule has 1 saturated carbocycles. The van der Waals surface area contributed by atoms with Gasteiger partial charge >= 0.3 is 0 Å². The summed E-state index contributed by atoms with van der Waals surface area (Å²) in [4.78, 5) is 4.44. The van der Waals surface area contributed by atoms with Gasteiger partial charge in [0.05, 0.1) is 11.1 Å². The first-order valence-corrected chi connectivity index (χ1v) is 5.43. The van der Waals surface area contributed by atoms with Crippen molar-refractivity contribution < 1.29 is 0 Å². The van der Waals surface area contributed by atoms with Crippen molar-refractivity contribution in [3.63, 3.8) is 0 Å². The molecule has 1 aliphatic rings. The van der Waals surface area contributed by atoms with Crippen molar-refractivity contribution in [3.8, 4) is 0 Å². The highest BCUT2D eigenvalue weighted by Crippen LogP contribution is 2.49. The molecule has 0 bridgehead atoms. The fourth-order valence-electron chi connectivity index (χ4n) is 2.26. The molecule has 1 heterocycles. The van der Waals surface area contributed by atoms with Gasteiger partial charge in [-0.25, -0.2) is 0 Å². The van der Waals surface area contributed by atoms with Gasteiger partial charge in [-0.2, -0.15) is 0 Å². The van der Waals surface area contributed by atoms with Crippen LogP contribution in [0.25, 0.3) is 10.8 Å². The maximum Gasteiger partial charge on any atom is 0.103 e. The Balaban J connectivity index is 2.29. The molecule has 0 saturated heterocycles. The topological polar surface area (TPSA) is 62.8 Å². The van der Waals surface area contributed by atoms with Crippen LogP contribution in [0.15, 0.2) is 36.5 Å². The zero-order valence-electron chi connectivity index (χ0n) is 8.90. The lowest BCUT2D eigenvalue weighted by Crippen LogP contribution is -2.28. The Morgan fingerprint density at radius 3 is 2.69 bits per heavy atom. The highest BCUT2D eigenvalue weighted by molar-refractivity contribution is 5.97. The third-order valence-corrected chi connectivity index (χ3v) is 3.39. The van der Waals surface area contributed by atoms with E-state index < -0.39 is 0 Å². The summed E-state index contributed by atoms with van der Waals surface area (Å²) < 4.78 is 0. The number of benzene rings is 1. The Morgan fingerprint density at radius 2 is 2.00 bits per heavy atom. The number of nitrogens with zero attached hydrogens (tertiary/aromatic N) is 1. The molecule has 3 rings (SSSR count). The molecule has 2 aromatic rings. The summed E-state index contributed by atoms with van der Waals surface area (Å²) >= 11 is 0. The van der Waals surface area contributed by atoms with Crippen LogP contribution in [0.2, 0.25) is 0 Å². The van der Waals surface area contributed by atoms with Gasteiger partial charge in [0.25, 0.3) is 0 Å². The maximum atomic E-state index is 7.71. The minimum absolute atomic E-state index is 0.247. The average molecular weight is 211 g/mol. The van der Waals surface area contributed by atoms with Gasteiger partial charge in [0, 0.05) is 11.6 Å². The zero-order valence-corrected chi connectivity index (χ0v) is 8.90. The van der Waals surface area contributed by atoms with E-state index in [2.05, 4.69) is 17.1 Å². The van der Waals surface area contributed by atoms with Crippen molar-refractivity contribution >= 4 is 16.6 Å². The molecule has 0 radical (unpaired) electrons. The molecule has 0 unspecified atom stereocenters. The number of pyridine rings is 1. The Hall–Kier alpha value is -1.90. The lowest BCUT2D eigenvalue weighted by Gasteiger charge is -2.14. The molecule has 1 aromatic heterocycles. The summed E-state index contributed by atoms with van der Waals surface area (Å²) in [5, 5.41) is 10.00. The second-order valence-electron chi connectivity index (χ2n) is 4.38. The van der Waals surface area contributed by atoms with E-state index >= 15 is 0 Å². The van der Waals surface area contributed by atoms with E-state index in [0.717, 1.165) is 23.9 Å². The van der Waals surface area contributed by atoms with Crippen LogP contribution in [0.1, 0.15) is 18.5 Å². The van der Waals surface area contributed by atoms with E-state index in [0.29, 0.717) is 0 Å². The number of nitrogens with one attached hydrogen (secondary N) is 1. The van der Waals surface area contributed by atoms with Crippen LogP contribution in [-0.4, -0.2) is 10.8 Å². The minimum Gasteiger partial charge on any atom is -0.387 e. The zero-order chi connectivity index (χ0) is 11.2. The Morgan fingerprint density at radius 1 is 1.25 bits per heavy atom. The highest BCUT2D eigenvalue weighted by atomic mass is 14.8. The van der Waals surface area contributed by atoms with Crippen LogP contribution in [0.4, 0.5) is 0 Å².